The third kappa shape index (κ3) is 3.65. The van der Waals surface area contributed by atoms with E-state index in [-0.39, 0.29) is 23.8 Å². The molecule has 0 bridgehead atoms. The number of hydrogen-bond donors (Lipinski definition) is 1. The highest BCUT2D eigenvalue weighted by molar-refractivity contribution is 5.43. The maximum absolute atomic E-state index is 13.5. The number of rotatable bonds is 5. The van der Waals surface area contributed by atoms with E-state index in [1.807, 2.05) is 6.92 Å². The molecule has 0 fully saturated rings. The molecule has 116 valence electrons. The largest absolute Gasteiger partial charge is 0.306 e. The van der Waals surface area contributed by atoms with E-state index >= 15 is 0 Å². The minimum Gasteiger partial charge on any atom is -0.306 e. The van der Waals surface area contributed by atoms with Gasteiger partial charge in [-0.1, -0.05) is 12.1 Å². The lowest BCUT2D eigenvalue weighted by molar-refractivity contribution is -0.385. The van der Waals surface area contributed by atoms with Crippen LogP contribution in [0.1, 0.15) is 29.7 Å². The van der Waals surface area contributed by atoms with E-state index in [2.05, 4.69) is 5.32 Å². The molecule has 0 aromatic heterocycles. The zero-order valence-electron chi connectivity index (χ0n) is 12.3. The van der Waals surface area contributed by atoms with Gasteiger partial charge in [-0.3, -0.25) is 10.1 Å². The Morgan fingerprint density at radius 1 is 1.23 bits per heavy atom. The summed E-state index contributed by atoms with van der Waals surface area (Å²) >= 11 is 0. The predicted octanol–water partition coefficient (Wildman–Crippen LogP) is 4.03. The Bertz CT molecular complexity index is 705. The highest BCUT2D eigenvalue weighted by atomic mass is 19.1. The van der Waals surface area contributed by atoms with Crippen molar-refractivity contribution in [3.05, 3.63) is 74.8 Å². The van der Waals surface area contributed by atoms with Crippen LogP contribution in [0.3, 0.4) is 0 Å². The number of nitrogens with zero attached hydrogens (tertiary/aromatic N) is 1. The summed E-state index contributed by atoms with van der Waals surface area (Å²) in [7, 11) is 0. The van der Waals surface area contributed by atoms with Crippen LogP contribution in [0.25, 0.3) is 0 Å². The van der Waals surface area contributed by atoms with Crippen molar-refractivity contribution in [2.45, 2.75) is 26.4 Å². The van der Waals surface area contributed by atoms with Crippen LogP contribution < -0.4 is 5.32 Å². The second-order valence-electron chi connectivity index (χ2n) is 5.14. The maximum atomic E-state index is 13.5. The first-order chi connectivity index (χ1) is 10.4. The first-order valence-corrected chi connectivity index (χ1v) is 6.80. The molecule has 0 aliphatic rings. The lowest BCUT2D eigenvalue weighted by Gasteiger charge is -2.15. The number of nitro groups is 1. The highest BCUT2D eigenvalue weighted by Crippen LogP contribution is 2.23. The number of benzene rings is 2. The van der Waals surface area contributed by atoms with E-state index in [9.17, 15) is 18.9 Å². The van der Waals surface area contributed by atoms with Crippen molar-refractivity contribution in [1.82, 2.24) is 5.32 Å². The van der Waals surface area contributed by atoms with Gasteiger partial charge in [0.25, 0.3) is 5.69 Å². The van der Waals surface area contributed by atoms with E-state index in [1.54, 1.807) is 19.1 Å². The third-order valence-corrected chi connectivity index (χ3v) is 3.54. The van der Waals surface area contributed by atoms with Crippen LogP contribution >= 0.6 is 0 Å². The molecule has 2 rings (SSSR count). The van der Waals surface area contributed by atoms with Crippen LogP contribution in [-0.4, -0.2) is 4.92 Å². The minimum atomic E-state index is -0.503. The fourth-order valence-corrected chi connectivity index (χ4v) is 2.15. The third-order valence-electron chi connectivity index (χ3n) is 3.54. The van der Waals surface area contributed by atoms with Crippen LogP contribution in [0.2, 0.25) is 0 Å². The smallest absolute Gasteiger partial charge is 0.272 e. The van der Waals surface area contributed by atoms with E-state index in [1.165, 1.54) is 6.07 Å². The van der Waals surface area contributed by atoms with Gasteiger partial charge in [-0.2, -0.15) is 0 Å². The van der Waals surface area contributed by atoms with Gasteiger partial charge >= 0.3 is 0 Å². The molecule has 0 heterocycles. The maximum Gasteiger partial charge on any atom is 0.272 e. The van der Waals surface area contributed by atoms with Gasteiger partial charge < -0.3 is 5.32 Å². The van der Waals surface area contributed by atoms with Crippen molar-refractivity contribution < 1.29 is 13.7 Å². The number of nitrogens with one attached hydrogen (secondary N) is 1. The highest BCUT2D eigenvalue weighted by Gasteiger charge is 2.14. The number of hydrogen-bond acceptors (Lipinski definition) is 3. The fraction of sp³-hybridized carbons (Fsp3) is 0.250. The Hall–Kier alpha value is -2.34. The molecule has 2 aromatic carbocycles. The molecule has 6 heteroatoms. The van der Waals surface area contributed by atoms with E-state index in [0.29, 0.717) is 11.1 Å². The summed E-state index contributed by atoms with van der Waals surface area (Å²) in [4.78, 5) is 10.5. The van der Waals surface area contributed by atoms with Gasteiger partial charge in [0, 0.05) is 29.8 Å². The van der Waals surface area contributed by atoms with Gasteiger partial charge in [-0.15, -0.1) is 0 Å². The molecule has 0 saturated heterocycles. The molecule has 0 spiro atoms. The summed E-state index contributed by atoms with van der Waals surface area (Å²) < 4.78 is 26.7. The van der Waals surface area contributed by atoms with Crippen LogP contribution in [0, 0.1) is 28.7 Å². The molecular formula is C16H16F2N2O2. The van der Waals surface area contributed by atoms with Gasteiger partial charge in [-0.25, -0.2) is 8.78 Å². The van der Waals surface area contributed by atoms with E-state index < -0.39 is 16.6 Å². The summed E-state index contributed by atoms with van der Waals surface area (Å²) in [6.45, 7) is 3.61. The normalized spacial score (nSPS) is 12.2. The Labute approximate surface area is 126 Å². The molecule has 1 N–H and O–H groups in total. The van der Waals surface area contributed by atoms with Crippen molar-refractivity contribution in [3.8, 4) is 0 Å². The molecule has 4 nitrogen and oxygen atoms in total. The lowest BCUT2D eigenvalue weighted by Crippen LogP contribution is -2.19. The SMILES string of the molecule is Cc1ccc(C(C)NCc2cc(F)ccc2F)cc1[N+](=O)[O-]. The zero-order valence-corrected chi connectivity index (χ0v) is 12.3. The molecule has 0 saturated carbocycles. The van der Waals surface area contributed by atoms with Gasteiger partial charge in [0.1, 0.15) is 11.6 Å². The molecule has 0 aliphatic heterocycles. The number of halogens is 2. The van der Waals surface area contributed by atoms with E-state index in [4.69, 9.17) is 0 Å². The van der Waals surface area contributed by atoms with Crippen LogP contribution in [0.5, 0.6) is 0 Å². The van der Waals surface area contributed by atoms with Gasteiger partial charge in [-0.05, 0) is 37.6 Å². The summed E-state index contributed by atoms with van der Waals surface area (Å²) in [6, 6.07) is 7.99. The first-order valence-electron chi connectivity index (χ1n) is 6.80. The monoisotopic (exact) mass is 306 g/mol. The first kappa shape index (κ1) is 16.0. The molecule has 22 heavy (non-hydrogen) atoms. The molecule has 2 aromatic rings. The molecule has 0 aliphatic carbocycles. The topological polar surface area (TPSA) is 55.2 Å². The van der Waals surface area contributed by atoms with Gasteiger partial charge in [0.2, 0.25) is 0 Å². The quantitative estimate of drug-likeness (QED) is 0.670. The number of aryl methyl sites for hydroxylation is 1. The van der Waals surface area contributed by atoms with Crippen LogP contribution in [0.4, 0.5) is 14.5 Å². The predicted molar refractivity (Wildman–Crippen MR) is 79.4 cm³/mol. The fourth-order valence-electron chi connectivity index (χ4n) is 2.15. The zero-order chi connectivity index (χ0) is 16.3. The average molecular weight is 306 g/mol. The summed E-state index contributed by atoms with van der Waals surface area (Å²) in [5.41, 5.74) is 1.56. The second-order valence-corrected chi connectivity index (χ2v) is 5.14. The van der Waals surface area contributed by atoms with Crippen molar-refractivity contribution in [3.63, 3.8) is 0 Å². The van der Waals surface area contributed by atoms with Gasteiger partial charge in [0.05, 0.1) is 4.92 Å². The van der Waals surface area contributed by atoms with Crippen LogP contribution in [0.15, 0.2) is 36.4 Å². The van der Waals surface area contributed by atoms with Crippen LogP contribution in [-0.2, 0) is 6.54 Å². The molecule has 1 atom stereocenters. The minimum absolute atomic E-state index is 0.0445. The average Bonchev–Trinajstić information content (AvgIpc) is 2.48. The molecule has 0 radical (unpaired) electrons. The molecular weight excluding hydrogens is 290 g/mol. The summed E-state index contributed by atoms with van der Waals surface area (Å²) in [5, 5.41) is 14.0. The Kier molecular flexibility index (Phi) is 4.82. The Morgan fingerprint density at radius 2 is 1.95 bits per heavy atom. The van der Waals surface area contributed by atoms with Crippen molar-refractivity contribution in [2.75, 3.05) is 0 Å². The molecule has 0 amide bonds. The lowest BCUT2D eigenvalue weighted by atomic mass is 10.0. The summed E-state index contributed by atoms with van der Waals surface area (Å²) in [6.07, 6.45) is 0. The van der Waals surface area contributed by atoms with E-state index in [0.717, 1.165) is 18.2 Å². The van der Waals surface area contributed by atoms with Crippen molar-refractivity contribution in [1.29, 1.82) is 0 Å². The van der Waals surface area contributed by atoms with Crippen molar-refractivity contribution in [2.24, 2.45) is 0 Å². The van der Waals surface area contributed by atoms with Crippen molar-refractivity contribution >= 4 is 5.69 Å². The standard InChI is InChI=1S/C16H16F2N2O2/c1-10-3-4-12(8-16(10)20(21)22)11(2)19-9-13-7-14(17)5-6-15(13)18/h3-8,11,19H,9H2,1-2H3. The Balaban J connectivity index is 2.12. The number of nitro benzene ring substituents is 1. The van der Waals surface area contributed by atoms with Gasteiger partial charge in [0.15, 0.2) is 0 Å². The summed E-state index contributed by atoms with van der Waals surface area (Å²) in [5.74, 6) is -0.993. The molecule has 1 unspecified atom stereocenters. The Morgan fingerprint density at radius 3 is 2.64 bits per heavy atom. The second kappa shape index (κ2) is 6.62.